The normalized spacial score (nSPS) is 13.1. The summed E-state index contributed by atoms with van der Waals surface area (Å²) in [5.41, 5.74) is 5.10. The Morgan fingerprint density at radius 2 is 1.63 bits per heavy atom. The van der Waals surface area contributed by atoms with Crippen molar-refractivity contribution < 1.29 is 10.0 Å². The summed E-state index contributed by atoms with van der Waals surface area (Å²) in [6, 6.07) is 22.2. The van der Waals surface area contributed by atoms with Gasteiger partial charge < -0.3 is 15.3 Å². The zero-order valence-electron chi connectivity index (χ0n) is 20.5. The molecule has 192 valence electrons. The molecule has 0 saturated carbocycles. The third-order valence-corrected chi connectivity index (χ3v) is 6.04. The van der Waals surface area contributed by atoms with Crippen molar-refractivity contribution >= 4 is 35.4 Å². The number of para-hydroxylation sites is 1. The molecule has 0 unspecified atom stereocenters. The fourth-order valence-corrected chi connectivity index (χ4v) is 4.21. The SMILES string of the molecule is O=[N+]([O-])c1cc(Cc2ccccc2)cc(/C=N/Nc2nc(Nc3ccccc3)nc(N3CCCC3)n2)c1O. The highest BCUT2D eigenvalue weighted by Gasteiger charge is 2.19. The van der Waals surface area contributed by atoms with Gasteiger partial charge in [-0.05, 0) is 48.6 Å². The first kappa shape index (κ1) is 24.6. The van der Waals surface area contributed by atoms with Gasteiger partial charge in [0.25, 0.3) is 0 Å². The zero-order valence-corrected chi connectivity index (χ0v) is 20.5. The molecular weight excluding hydrogens is 484 g/mol. The number of benzene rings is 3. The standard InChI is InChI=1S/C27H26N8O3/c36-24-21(16-20(17-23(24)35(37)38)15-19-9-3-1-4-10-19)18-28-33-26-30-25(29-22-11-5-2-6-12-22)31-27(32-26)34-13-7-8-14-34/h1-6,9-12,16-18,36H,7-8,13-15H2,(H2,29,30,31,32,33)/b28-18+. The molecule has 0 bridgehead atoms. The van der Waals surface area contributed by atoms with Crippen LogP contribution in [0, 0.1) is 10.1 Å². The van der Waals surface area contributed by atoms with Crippen LogP contribution < -0.4 is 15.6 Å². The first-order valence-electron chi connectivity index (χ1n) is 12.2. The van der Waals surface area contributed by atoms with Gasteiger partial charge in [0.1, 0.15) is 0 Å². The monoisotopic (exact) mass is 510 g/mol. The third kappa shape index (κ3) is 6.01. The second-order valence-electron chi connectivity index (χ2n) is 8.81. The molecule has 1 fully saturated rings. The molecular formula is C27H26N8O3. The summed E-state index contributed by atoms with van der Waals surface area (Å²) in [7, 11) is 0. The average Bonchev–Trinajstić information content (AvgIpc) is 3.47. The second kappa shape index (κ2) is 11.3. The predicted molar refractivity (Wildman–Crippen MR) is 146 cm³/mol. The maximum atomic E-state index is 11.6. The van der Waals surface area contributed by atoms with E-state index in [9.17, 15) is 15.2 Å². The van der Waals surface area contributed by atoms with Crippen LogP contribution in [0.5, 0.6) is 5.75 Å². The van der Waals surface area contributed by atoms with E-state index in [4.69, 9.17) is 0 Å². The smallest absolute Gasteiger partial charge is 0.311 e. The number of nitrogens with one attached hydrogen (secondary N) is 2. The molecule has 38 heavy (non-hydrogen) atoms. The molecule has 0 amide bonds. The van der Waals surface area contributed by atoms with Crippen molar-refractivity contribution in [3.8, 4) is 5.75 Å². The van der Waals surface area contributed by atoms with Crippen LogP contribution in [-0.4, -0.2) is 44.3 Å². The van der Waals surface area contributed by atoms with E-state index in [0.717, 1.165) is 37.2 Å². The van der Waals surface area contributed by atoms with Gasteiger partial charge in [0.05, 0.1) is 11.1 Å². The molecule has 1 aliphatic heterocycles. The van der Waals surface area contributed by atoms with Crippen LogP contribution in [-0.2, 0) is 6.42 Å². The molecule has 0 radical (unpaired) electrons. The van der Waals surface area contributed by atoms with E-state index < -0.39 is 10.7 Å². The number of aromatic hydroxyl groups is 1. The quantitative estimate of drug-likeness (QED) is 0.163. The Labute approximate surface area is 219 Å². The molecule has 1 saturated heterocycles. The minimum absolute atomic E-state index is 0.200. The molecule has 1 aromatic heterocycles. The van der Waals surface area contributed by atoms with Gasteiger partial charge in [-0.2, -0.15) is 20.1 Å². The molecule has 1 aliphatic rings. The predicted octanol–water partition coefficient (Wildman–Crippen LogP) is 4.87. The molecule has 5 rings (SSSR count). The van der Waals surface area contributed by atoms with Crippen molar-refractivity contribution in [1.29, 1.82) is 0 Å². The van der Waals surface area contributed by atoms with E-state index >= 15 is 0 Å². The fourth-order valence-electron chi connectivity index (χ4n) is 4.21. The summed E-state index contributed by atoms with van der Waals surface area (Å²) < 4.78 is 0. The number of phenols is 1. The summed E-state index contributed by atoms with van der Waals surface area (Å²) in [6.45, 7) is 1.70. The van der Waals surface area contributed by atoms with Gasteiger partial charge in [-0.3, -0.25) is 10.1 Å². The molecule has 0 aliphatic carbocycles. The van der Waals surface area contributed by atoms with Gasteiger partial charge in [-0.15, -0.1) is 0 Å². The molecule has 3 N–H and O–H groups in total. The Morgan fingerprint density at radius 3 is 2.34 bits per heavy atom. The lowest BCUT2D eigenvalue weighted by atomic mass is 10.0. The Hall–Kier alpha value is -5.06. The van der Waals surface area contributed by atoms with Crippen molar-refractivity contribution in [3.05, 3.63) is 99.6 Å². The highest BCUT2D eigenvalue weighted by atomic mass is 16.6. The summed E-state index contributed by atoms with van der Waals surface area (Å²) in [5.74, 6) is 0.620. The van der Waals surface area contributed by atoms with Crippen LogP contribution in [0.2, 0.25) is 0 Å². The van der Waals surface area contributed by atoms with Crippen LogP contribution in [0.3, 0.4) is 0 Å². The number of aromatic nitrogens is 3. The number of anilines is 4. The van der Waals surface area contributed by atoms with E-state index in [2.05, 4.69) is 35.7 Å². The first-order chi connectivity index (χ1) is 18.5. The van der Waals surface area contributed by atoms with Crippen LogP contribution in [0.1, 0.15) is 29.5 Å². The van der Waals surface area contributed by atoms with Crippen molar-refractivity contribution in [1.82, 2.24) is 15.0 Å². The van der Waals surface area contributed by atoms with Crippen molar-refractivity contribution in [2.75, 3.05) is 28.7 Å². The minimum atomic E-state index is -0.607. The van der Waals surface area contributed by atoms with E-state index in [0.29, 0.717) is 23.9 Å². The maximum absolute atomic E-state index is 11.6. The van der Waals surface area contributed by atoms with Gasteiger partial charge in [0.2, 0.25) is 23.6 Å². The van der Waals surface area contributed by atoms with Crippen molar-refractivity contribution in [3.63, 3.8) is 0 Å². The van der Waals surface area contributed by atoms with Crippen LogP contribution in [0.15, 0.2) is 77.9 Å². The fraction of sp³-hybridized carbons (Fsp3) is 0.185. The summed E-state index contributed by atoms with van der Waals surface area (Å²) in [5, 5.41) is 29.5. The van der Waals surface area contributed by atoms with E-state index in [-0.39, 0.29) is 17.2 Å². The van der Waals surface area contributed by atoms with Crippen LogP contribution in [0.4, 0.5) is 29.2 Å². The lowest BCUT2D eigenvalue weighted by Gasteiger charge is -2.16. The van der Waals surface area contributed by atoms with Crippen LogP contribution >= 0.6 is 0 Å². The van der Waals surface area contributed by atoms with Crippen molar-refractivity contribution in [2.45, 2.75) is 19.3 Å². The number of rotatable bonds is 9. The van der Waals surface area contributed by atoms with E-state index in [1.165, 1.54) is 12.3 Å². The molecule has 3 aromatic carbocycles. The van der Waals surface area contributed by atoms with Crippen molar-refractivity contribution in [2.24, 2.45) is 5.10 Å². The molecule has 2 heterocycles. The molecule has 0 atom stereocenters. The number of nitrogens with zero attached hydrogens (tertiary/aromatic N) is 6. The second-order valence-corrected chi connectivity index (χ2v) is 8.81. The maximum Gasteiger partial charge on any atom is 0.311 e. The van der Waals surface area contributed by atoms with Gasteiger partial charge in [0.15, 0.2) is 0 Å². The topological polar surface area (TPSA) is 142 Å². The Morgan fingerprint density at radius 1 is 0.947 bits per heavy atom. The zero-order chi connectivity index (χ0) is 26.3. The Balaban J connectivity index is 1.41. The number of hydrazone groups is 1. The van der Waals surface area contributed by atoms with Crippen LogP contribution in [0.25, 0.3) is 0 Å². The van der Waals surface area contributed by atoms with E-state index in [1.807, 2.05) is 60.7 Å². The molecule has 4 aromatic rings. The summed E-state index contributed by atoms with van der Waals surface area (Å²) in [4.78, 5) is 26.5. The van der Waals surface area contributed by atoms with Gasteiger partial charge in [-0.25, -0.2) is 5.43 Å². The number of nitro benzene ring substituents is 1. The Kier molecular flexibility index (Phi) is 7.34. The third-order valence-electron chi connectivity index (χ3n) is 6.04. The average molecular weight is 511 g/mol. The number of hydrogen-bond acceptors (Lipinski definition) is 10. The minimum Gasteiger partial charge on any atom is -0.502 e. The molecule has 11 nitrogen and oxygen atoms in total. The highest BCUT2D eigenvalue weighted by molar-refractivity contribution is 5.86. The van der Waals surface area contributed by atoms with Gasteiger partial charge in [-0.1, -0.05) is 48.5 Å². The van der Waals surface area contributed by atoms with Gasteiger partial charge in [0, 0.05) is 30.4 Å². The lowest BCUT2D eigenvalue weighted by Crippen LogP contribution is -2.21. The molecule has 0 spiro atoms. The molecule has 11 heteroatoms. The summed E-state index contributed by atoms with van der Waals surface area (Å²) >= 11 is 0. The summed E-state index contributed by atoms with van der Waals surface area (Å²) in [6.07, 6.45) is 3.91. The van der Waals surface area contributed by atoms with E-state index in [1.54, 1.807) is 6.07 Å². The highest BCUT2D eigenvalue weighted by Crippen LogP contribution is 2.31. The first-order valence-corrected chi connectivity index (χ1v) is 12.2. The largest absolute Gasteiger partial charge is 0.502 e. The number of hydrogen-bond donors (Lipinski definition) is 3. The Bertz CT molecular complexity index is 1440. The number of nitro groups is 1. The number of phenolic OH excluding ortho intramolecular Hbond substituents is 1. The lowest BCUT2D eigenvalue weighted by molar-refractivity contribution is -0.385. The van der Waals surface area contributed by atoms with Gasteiger partial charge >= 0.3 is 5.69 Å².